The predicted molar refractivity (Wildman–Crippen MR) is 76.9 cm³/mol. The standard InChI is InChI=1S/C13H21N3O2S/c1-2-4-14-12-3-5-15-13(10-12)11-16-6-8-19(17,18)9-7-16/h3,5,10H,2,4,6-9,11H2,1H3,(H,14,15). The second-order valence-corrected chi connectivity index (χ2v) is 7.19. The van der Waals surface area contributed by atoms with Crippen LogP contribution in [0.3, 0.4) is 0 Å². The van der Waals surface area contributed by atoms with E-state index in [1.807, 2.05) is 12.1 Å². The number of hydrogen-bond acceptors (Lipinski definition) is 5. The van der Waals surface area contributed by atoms with Crippen molar-refractivity contribution in [2.75, 3.05) is 36.5 Å². The lowest BCUT2D eigenvalue weighted by molar-refractivity contribution is 0.284. The van der Waals surface area contributed by atoms with Crippen LogP contribution in [-0.4, -0.2) is 49.4 Å². The number of aromatic nitrogens is 1. The lowest BCUT2D eigenvalue weighted by Gasteiger charge is -2.26. The molecule has 1 aromatic heterocycles. The molecule has 1 aliphatic heterocycles. The van der Waals surface area contributed by atoms with E-state index in [9.17, 15) is 8.42 Å². The molecule has 0 unspecified atom stereocenters. The summed E-state index contributed by atoms with van der Waals surface area (Å²) in [5.74, 6) is 0.529. The molecule has 0 atom stereocenters. The second kappa shape index (κ2) is 6.34. The summed E-state index contributed by atoms with van der Waals surface area (Å²) in [6.07, 6.45) is 2.88. The number of anilines is 1. The van der Waals surface area contributed by atoms with Crippen LogP contribution >= 0.6 is 0 Å². The fourth-order valence-electron chi connectivity index (χ4n) is 2.08. The lowest BCUT2D eigenvalue weighted by atomic mass is 10.3. The topological polar surface area (TPSA) is 62.3 Å². The Morgan fingerprint density at radius 1 is 1.37 bits per heavy atom. The Morgan fingerprint density at radius 2 is 2.11 bits per heavy atom. The summed E-state index contributed by atoms with van der Waals surface area (Å²) < 4.78 is 22.7. The van der Waals surface area contributed by atoms with Crippen molar-refractivity contribution in [2.45, 2.75) is 19.9 Å². The van der Waals surface area contributed by atoms with Crippen molar-refractivity contribution in [3.05, 3.63) is 24.0 Å². The van der Waals surface area contributed by atoms with E-state index in [2.05, 4.69) is 22.1 Å². The zero-order valence-electron chi connectivity index (χ0n) is 11.3. The summed E-state index contributed by atoms with van der Waals surface area (Å²) in [4.78, 5) is 6.49. The fraction of sp³-hybridized carbons (Fsp3) is 0.615. The Hall–Kier alpha value is -1.14. The highest BCUT2D eigenvalue weighted by Crippen LogP contribution is 2.12. The van der Waals surface area contributed by atoms with Gasteiger partial charge >= 0.3 is 0 Å². The third-order valence-electron chi connectivity index (χ3n) is 3.22. The summed E-state index contributed by atoms with van der Waals surface area (Å²) in [5, 5.41) is 3.33. The largest absolute Gasteiger partial charge is 0.385 e. The number of hydrogen-bond donors (Lipinski definition) is 1. The van der Waals surface area contributed by atoms with Gasteiger partial charge in [-0.05, 0) is 18.6 Å². The molecule has 6 heteroatoms. The quantitative estimate of drug-likeness (QED) is 0.878. The number of pyridine rings is 1. The van der Waals surface area contributed by atoms with Gasteiger partial charge in [-0.25, -0.2) is 8.42 Å². The molecule has 0 radical (unpaired) electrons. The van der Waals surface area contributed by atoms with Crippen molar-refractivity contribution in [3.8, 4) is 0 Å². The average molecular weight is 283 g/mol. The van der Waals surface area contributed by atoms with Crippen LogP contribution in [0.2, 0.25) is 0 Å². The molecular weight excluding hydrogens is 262 g/mol. The van der Waals surface area contributed by atoms with E-state index in [1.165, 1.54) is 0 Å². The maximum atomic E-state index is 11.4. The molecule has 0 amide bonds. The van der Waals surface area contributed by atoms with Crippen molar-refractivity contribution >= 4 is 15.5 Å². The zero-order chi connectivity index (χ0) is 13.7. The van der Waals surface area contributed by atoms with Crippen molar-refractivity contribution in [2.24, 2.45) is 0 Å². The molecule has 2 rings (SSSR count). The van der Waals surface area contributed by atoms with E-state index >= 15 is 0 Å². The van der Waals surface area contributed by atoms with Gasteiger partial charge in [-0.15, -0.1) is 0 Å². The monoisotopic (exact) mass is 283 g/mol. The van der Waals surface area contributed by atoms with Gasteiger partial charge in [0.05, 0.1) is 17.2 Å². The molecule has 1 aromatic rings. The fourth-order valence-corrected chi connectivity index (χ4v) is 3.36. The molecule has 0 spiro atoms. The van der Waals surface area contributed by atoms with Gasteiger partial charge in [0.1, 0.15) is 0 Å². The van der Waals surface area contributed by atoms with Crippen molar-refractivity contribution in [1.82, 2.24) is 9.88 Å². The highest BCUT2D eigenvalue weighted by atomic mass is 32.2. The zero-order valence-corrected chi connectivity index (χ0v) is 12.1. The van der Waals surface area contributed by atoms with E-state index in [-0.39, 0.29) is 11.5 Å². The maximum Gasteiger partial charge on any atom is 0.152 e. The third kappa shape index (κ3) is 4.47. The summed E-state index contributed by atoms with van der Waals surface area (Å²) in [5.41, 5.74) is 2.07. The van der Waals surface area contributed by atoms with Crippen LogP contribution in [-0.2, 0) is 16.4 Å². The predicted octanol–water partition coefficient (Wildman–Crippen LogP) is 1.13. The van der Waals surface area contributed by atoms with Crippen LogP contribution < -0.4 is 5.32 Å². The molecule has 0 aliphatic carbocycles. The highest BCUT2D eigenvalue weighted by Gasteiger charge is 2.21. The Bertz CT molecular complexity index is 502. The highest BCUT2D eigenvalue weighted by molar-refractivity contribution is 7.91. The molecule has 19 heavy (non-hydrogen) atoms. The maximum absolute atomic E-state index is 11.4. The summed E-state index contributed by atoms with van der Waals surface area (Å²) in [7, 11) is -2.80. The summed E-state index contributed by atoms with van der Waals surface area (Å²) >= 11 is 0. The Kier molecular flexibility index (Phi) is 4.76. The van der Waals surface area contributed by atoms with Crippen LogP contribution in [0.4, 0.5) is 5.69 Å². The van der Waals surface area contributed by atoms with Crippen LogP contribution in [0.1, 0.15) is 19.0 Å². The number of rotatable bonds is 5. The van der Waals surface area contributed by atoms with Gasteiger partial charge in [-0.3, -0.25) is 9.88 Å². The van der Waals surface area contributed by atoms with Crippen molar-refractivity contribution in [1.29, 1.82) is 0 Å². The number of nitrogens with one attached hydrogen (secondary N) is 1. The van der Waals surface area contributed by atoms with E-state index < -0.39 is 9.84 Å². The van der Waals surface area contributed by atoms with Crippen LogP contribution in [0.5, 0.6) is 0 Å². The van der Waals surface area contributed by atoms with Gasteiger partial charge in [-0.2, -0.15) is 0 Å². The molecule has 2 heterocycles. The molecule has 106 valence electrons. The van der Waals surface area contributed by atoms with Crippen LogP contribution in [0.25, 0.3) is 0 Å². The molecule has 0 bridgehead atoms. The molecular formula is C13H21N3O2S. The second-order valence-electron chi connectivity index (χ2n) is 4.89. The number of nitrogens with zero attached hydrogens (tertiary/aromatic N) is 2. The molecule has 0 saturated carbocycles. The van der Waals surface area contributed by atoms with Crippen molar-refractivity contribution < 1.29 is 8.42 Å². The van der Waals surface area contributed by atoms with E-state index in [0.29, 0.717) is 13.1 Å². The first kappa shape index (κ1) is 14.3. The average Bonchev–Trinajstić information content (AvgIpc) is 2.39. The normalized spacial score (nSPS) is 19.2. The van der Waals surface area contributed by atoms with Gasteiger partial charge < -0.3 is 5.32 Å². The Labute approximate surface area is 114 Å². The van der Waals surface area contributed by atoms with Crippen LogP contribution in [0.15, 0.2) is 18.3 Å². The molecule has 1 fully saturated rings. The third-order valence-corrected chi connectivity index (χ3v) is 4.83. The van der Waals surface area contributed by atoms with E-state index in [0.717, 1.165) is 30.9 Å². The van der Waals surface area contributed by atoms with Crippen molar-refractivity contribution in [3.63, 3.8) is 0 Å². The smallest absolute Gasteiger partial charge is 0.152 e. The van der Waals surface area contributed by atoms with Gasteiger partial charge in [0.15, 0.2) is 9.84 Å². The van der Waals surface area contributed by atoms with Crippen LogP contribution in [0, 0.1) is 0 Å². The Balaban J connectivity index is 1.92. The van der Waals surface area contributed by atoms with E-state index in [4.69, 9.17) is 0 Å². The molecule has 5 nitrogen and oxygen atoms in total. The molecule has 1 aliphatic rings. The first-order valence-corrected chi connectivity index (χ1v) is 8.53. The molecule has 0 aromatic carbocycles. The molecule has 1 N–H and O–H groups in total. The summed E-state index contributed by atoms with van der Waals surface area (Å²) in [6.45, 7) is 5.01. The number of sulfone groups is 1. The van der Waals surface area contributed by atoms with Gasteiger partial charge in [-0.1, -0.05) is 6.92 Å². The summed E-state index contributed by atoms with van der Waals surface area (Å²) in [6, 6.07) is 4.00. The van der Waals surface area contributed by atoms with Gasteiger partial charge in [0.25, 0.3) is 0 Å². The minimum Gasteiger partial charge on any atom is -0.385 e. The Morgan fingerprint density at radius 3 is 2.79 bits per heavy atom. The first-order chi connectivity index (χ1) is 9.09. The minimum absolute atomic E-state index is 0.265. The molecule has 1 saturated heterocycles. The van der Waals surface area contributed by atoms with Gasteiger partial charge in [0, 0.05) is 38.1 Å². The van der Waals surface area contributed by atoms with E-state index in [1.54, 1.807) is 6.20 Å². The first-order valence-electron chi connectivity index (χ1n) is 6.70. The lowest BCUT2D eigenvalue weighted by Crippen LogP contribution is -2.39. The van der Waals surface area contributed by atoms with Gasteiger partial charge in [0.2, 0.25) is 0 Å². The minimum atomic E-state index is -2.80. The SMILES string of the molecule is CCCNc1ccnc(CN2CCS(=O)(=O)CC2)c1.